The average molecular weight is 378 g/mol. The number of aromatic amines is 1. The molecule has 2 aromatic carbocycles. The molecule has 1 aliphatic rings. The Balaban J connectivity index is 2.04. The quantitative estimate of drug-likeness (QED) is 0.752. The summed E-state index contributed by atoms with van der Waals surface area (Å²) in [7, 11) is 3.02. The lowest BCUT2D eigenvalue weighted by Crippen LogP contribution is -2.19. The van der Waals surface area contributed by atoms with Gasteiger partial charge in [-0.3, -0.25) is 4.79 Å². The van der Waals surface area contributed by atoms with Gasteiger partial charge < -0.3 is 19.2 Å². The zero-order chi connectivity index (χ0) is 19.8. The second-order valence-corrected chi connectivity index (χ2v) is 6.17. The molecule has 4 rings (SSSR count). The van der Waals surface area contributed by atoms with Gasteiger partial charge in [0.1, 0.15) is 29.8 Å². The highest BCUT2D eigenvalue weighted by Crippen LogP contribution is 2.42. The van der Waals surface area contributed by atoms with Crippen molar-refractivity contribution in [3.8, 4) is 45.7 Å². The van der Waals surface area contributed by atoms with Crippen LogP contribution in [0.1, 0.15) is 11.1 Å². The molecule has 7 heteroatoms. The van der Waals surface area contributed by atoms with Crippen molar-refractivity contribution in [2.75, 3.05) is 14.2 Å². The Morgan fingerprint density at radius 3 is 2.64 bits per heavy atom. The Hall–Kier alpha value is -3.79. The number of fused-ring (bicyclic) bond motifs is 3. The molecule has 1 N–H and O–H groups in total. The molecule has 0 spiro atoms. The van der Waals surface area contributed by atoms with E-state index in [0.29, 0.717) is 45.2 Å². The molecule has 0 bridgehead atoms. The normalized spacial score (nSPS) is 11.6. The van der Waals surface area contributed by atoms with Crippen LogP contribution in [0.25, 0.3) is 22.4 Å². The highest BCUT2D eigenvalue weighted by atomic mass is 19.1. The molecule has 0 aliphatic carbocycles. The van der Waals surface area contributed by atoms with Crippen molar-refractivity contribution < 1.29 is 18.6 Å². The number of rotatable bonds is 3. The van der Waals surface area contributed by atoms with Gasteiger partial charge >= 0.3 is 0 Å². The molecule has 1 aliphatic heterocycles. The fourth-order valence-electron chi connectivity index (χ4n) is 3.41. The number of aromatic nitrogens is 1. The van der Waals surface area contributed by atoms with E-state index >= 15 is 0 Å². The number of halogens is 1. The van der Waals surface area contributed by atoms with Crippen molar-refractivity contribution in [3.05, 3.63) is 63.7 Å². The maximum atomic E-state index is 13.8. The summed E-state index contributed by atoms with van der Waals surface area (Å²) in [6, 6.07) is 11.2. The van der Waals surface area contributed by atoms with Gasteiger partial charge in [-0.05, 0) is 35.9 Å². The summed E-state index contributed by atoms with van der Waals surface area (Å²) in [6.45, 7) is 0.128. The summed E-state index contributed by atoms with van der Waals surface area (Å²) >= 11 is 0. The van der Waals surface area contributed by atoms with E-state index in [-0.39, 0.29) is 12.2 Å². The standard InChI is InChI=1S/C21H15FN2O4/c1-26-17-5-3-11(7-18(17)27-2)19-14(9-23)21(25)24-20-13-8-12(22)4-6-16(13)28-10-15(19)20/h3-8H,10H2,1-2H3,(H,24,25). The zero-order valence-corrected chi connectivity index (χ0v) is 15.1. The number of pyridine rings is 1. The number of nitrogens with one attached hydrogen (secondary N) is 1. The number of methoxy groups -OCH3 is 2. The van der Waals surface area contributed by atoms with Crippen LogP contribution in [-0.2, 0) is 6.61 Å². The molecule has 6 nitrogen and oxygen atoms in total. The second kappa shape index (κ2) is 6.74. The fourth-order valence-corrected chi connectivity index (χ4v) is 3.41. The van der Waals surface area contributed by atoms with E-state index in [1.54, 1.807) is 18.2 Å². The first-order valence-corrected chi connectivity index (χ1v) is 8.41. The SMILES string of the molecule is COc1ccc(-c2c3c([nH]c(=O)c2C#N)-c2cc(F)ccc2OC3)cc1OC. The summed E-state index contributed by atoms with van der Waals surface area (Å²) in [6.07, 6.45) is 0. The van der Waals surface area contributed by atoms with E-state index in [1.807, 2.05) is 6.07 Å². The molecule has 0 saturated carbocycles. The van der Waals surface area contributed by atoms with Gasteiger partial charge in [0.15, 0.2) is 11.5 Å². The van der Waals surface area contributed by atoms with Crippen molar-refractivity contribution in [1.29, 1.82) is 5.26 Å². The number of ether oxygens (including phenoxy) is 3. The molecular formula is C21H15FN2O4. The largest absolute Gasteiger partial charge is 0.493 e. The minimum Gasteiger partial charge on any atom is -0.493 e. The lowest BCUT2D eigenvalue weighted by Gasteiger charge is -2.23. The van der Waals surface area contributed by atoms with Crippen molar-refractivity contribution in [2.24, 2.45) is 0 Å². The third-order valence-electron chi connectivity index (χ3n) is 4.69. The zero-order valence-electron chi connectivity index (χ0n) is 15.1. The van der Waals surface area contributed by atoms with Crippen LogP contribution >= 0.6 is 0 Å². The summed E-state index contributed by atoms with van der Waals surface area (Å²) in [5.41, 5.74) is 1.90. The van der Waals surface area contributed by atoms with Crippen LogP contribution in [0, 0.1) is 17.1 Å². The maximum absolute atomic E-state index is 13.8. The molecule has 0 radical (unpaired) electrons. The summed E-state index contributed by atoms with van der Waals surface area (Å²) in [4.78, 5) is 15.3. The molecule has 140 valence electrons. The van der Waals surface area contributed by atoms with Gasteiger partial charge in [0, 0.05) is 16.7 Å². The van der Waals surface area contributed by atoms with Crippen LogP contribution in [0.2, 0.25) is 0 Å². The predicted octanol–water partition coefficient (Wildman–Crippen LogP) is 3.63. The van der Waals surface area contributed by atoms with Crippen LogP contribution in [0.4, 0.5) is 4.39 Å². The summed E-state index contributed by atoms with van der Waals surface area (Å²) in [5, 5.41) is 9.60. The topological polar surface area (TPSA) is 84.3 Å². The molecule has 0 fully saturated rings. The Kier molecular flexibility index (Phi) is 4.24. The predicted molar refractivity (Wildman–Crippen MR) is 100 cm³/mol. The molecule has 28 heavy (non-hydrogen) atoms. The first-order valence-electron chi connectivity index (χ1n) is 8.41. The van der Waals surface area contributed by atoms with Crippen LogP contribution < -0.4 is 19.8 Å². The fraction of sp³-hybridized carbons (Fsp3) is 0.143. The lowest BCUT2D eigenvalue weighted by atomic mass is 9.91. The first kappa shape index (κ1) is 17.6. The second-order valence-electron chi connectivity index (χ2n) is 6.17. The van der Waals surface area contributed by atoms with Crippen LogP contribution in [0.5, 0.6) is 17.2 Å². The summed E-state index contributed by atoms with van der Waals surface area (Å²) < 4.78 is 30.2. The maximum Gasteiger partial charge on any atom is 0.266 e. The number of hydrogen-bond donors (Lipinski definition) is 1. The number of hydrogen-bond acceptors (Lipinski definition) is 5. The number of H-pyrrole nitrogens is 1. The van der Waals surface area contributed by atoms with E-state index in [0.717, 1.165) is 0 Å². The van der Waals surface area contributed by atoms with Gasteiger partial charge in [0.05, 0.1) is 19.9 Å². The number of benzene rings is 2. The highest BCUT2D eigenvalue weighted by molar-refractivity contribution is 5.83. The van der Waals surface area contributed by atoms with E-state index in [2.05, 4.69) is 4.98 Å². The van der Waals surface area contributed by atoms with Crippen molar-refractivity contribution in [3.63, 3.8) is 0 Å². The van der Waals surface area contributed by atoms with Crippen LogP contribution in [0.15, 0.2) is 41.2 Å². The monoisotopic (exact) mass is 378 g/mol. The van der Waals surface area contributed by atoms with E-state index in [4.69, 9.17) is 14.2 Å². The van der Waals surface area contributed by atoms with Crippen molar-refractivity contribution >= 4 is 0 Å². The molecule has 0 unspecified atom stereocenters. The van der Waals surface area contributed by atoms with Gasteiger partial charge in [-0.15, -0.1) is 0 Å². The molecule has 2 heterocycles. The average Bonchev–Trinajstić information content (AvgIpc) is 2.72. The molecular weight excluding hydrogens is 363 g/mol. The third kappa shape index (κ3) is 2.67. The minimum atomic E-state index is -0.553. The number of nitrogens with zero attached hydrogens (tertiary/aromatic N) is 1. The Labute approximate surface area is 159 Å². The van der Waals surface area contributed by atoms with Gasteiger partial charge in [-0.1, -0.05) is 6.07 Å². The Morgan fingerprint density at radius 1 is 1.14 bits per heavy atom. The lowest BCUT2D eigenvalue weighted by molar-refractivity contribution is 0.301. The van der Waals surface area contributed by atoms with Crippen LogP contribution in [0.3, 0.4) is 0 Å². The Morgan fingerprint density at radius 2 is 1.93 bits per heavy atom. The third-order valence-corrected chi connectivity index (χ3v) is 4.69. The van der Waals surface area contributed by atoms with E-state index in [9.17, 15) is 14.4 Å². The minimum absolute atomic E-state index is 0.0468. The van der Waals surface area contributed by atoms with Gasteiger partial charge in [0.25, 0.3) is 5.56 Å². The molecule has 0 saturated heterocycles. The molecule has 0 atom stereocenters. The van der Waals surface area contributed by atoms with E-state index < -0.39 is 11.4 Å². The van der Waals surface area contributed by atoms with Gasteiger partial charge in [-0.2, -0.15) is 5.26 Å². The smallest absolute Gasteiger partial charge is 0.266 e. The van der Waals surface area contributed by atoms with Gasteiger partial charge in [-0.25, -0.2) is 4.39 Å². The number of nitriles is 1. The van der Waals surface area contributed by atoms with Crippen LogP contribution in [-0.4, -0.2) is 19.2 Å². The van der Waals surface area contributed by atoms with Crippen molar-refractivity contribution in [1.82, 2.24) is 4.98 Å². The van der Waals surface area contributed by atoms with E-state index in [1.165, 1.54) is 32.4 Å². The highest BCUT2D eigenvalue weighted by Gasteiger charge is 2.26. The molecule has 1 aromatic heterocycles. The summed E-state index contributed by atoms with van der Waals surface area (Å²) in [5.74, 6) is 0.994. The Bertz CT molecular complexity index is 1190. The van der Waals surface area contributed by atoms with Gasteiger partial charge in [0.2, 0.25) is 0 Å². The first-order chi connectivity index (χ1) is 13.6. The molecule has 0 amide bonds. The van der Waals surface area contributed by atoms with Crippen molar-refractivity contribution in [2.45, 2.75) is 6.61 Å². The molecule has 3 aromatic rings.